The van der Waals surface area contributed by atoms with Crippen LogP contribution in [0.15, 0.2) is 30.3 Å². The minimum atomic E-state index is -0.540. The molecular weight excluding hydrogens is 203 g/mol. The molecule has 1 radical (unpaired) electrons. The van der Waals surface area contributed by atoms with Crippen LogP contribution in [0.1, 0.15) is 17.3 Å². The molecule has 4 nitrogen and oxygen atoms in total. The van der Waals surface area contributed by atoms with Crippen LogP contribution in [0.2, 0.25) is 0 Å². The van der Waals surface area contributed by atoms with Crippen molar-refractivity contribution in [3.63, 3.8) is 0 Å². The Balaban J connectivity index is 0.00000225. The molecule has 0 unspecified atom stereocenters. The molecule has 81 valence electrons. The summed E-state index contributed by atoms with van der Waals surface area (Å²) in [7, 11) is 0. The van der Waals surface area contributed by atoms with E-state index < -0.39 is 11.9 Å². The van der Waals surface area contributed by atoms with E-state index in [0.29, 0.717) is 5.56 Å². The van der Waals surface area contributed by atoms with E-state index in [1.807, 2.05) is 0 Å². The van der Waals surface area contributed by atoms with Crippen LogP contribution in [0, 0.1) is 0 Å². The van der Waals surface area contributed by atoms with Gasteiger partial charge in [-0.1, -0.05) is 18.2 Å². The third kappa shape index (κ3) is 5.01. The Hall–Kier alpha value is -1.24. The summed E-state index contributed by atoms with van der Waals surface area (Å²) in [5, 5.41) is 0. The minimum absolute atomic E-state index is 0. The fourth-order valence-corrected chi connectivity index (χ4v) is 0.985. The van der Waals surface area contributed by atoms with Gasteiger partial charge in [-0.25, -0.2) is 9.59 Å². The second kappa shape index (κ2) is 7.97. The van der Waals surface area contributed by atoms with Crippen molar-refractivity contribution in [1.29, 1.82) is 0 Å². The number of esters is 2. The summed E-state index contributed by atoms with van der Waals surface area (Å²) < 4.78 is 9.34. The number of carbonyl (C=O) groups is 2. The smallest absolute Gasteiger partial charge is 0.344 e. The molecule has 1 aromatic carbocycles. The molecule has 16 heavy (non-hydrogen) atoms. The number of benzene rings is 1. The standard InChI is InChI=1S/C11H12O4.Li/c1-2-14-10(12)8-15-11(13)9-6-4-3-5-7-9;/h3-7H,2,8H2,1H3;. The SMILES string of the molecule is CCOC(=O)COC(=O)c1ccccc1.[Li]. The van der Waals surface area contributed by atoms with Gasteiger partial charge in [0.25, 0.3) is 0 Å². The third-order valence-corrected chi connectivity index (χ3v) is 1.64. The molecule has 0 saturated heterocycles. The van der Waals surface area contributed by atoms with Crippen LogP contribution in [0.5, 0.6) is 0 Å². The molecule has 5 heteroatoms. The van der Waals surface area contributed by atoms with Crippen molar-refractivity contribution < 1.29 is 19.1 Å². The molecule has 0 aliphatic rings. The summed E-state index contributed by atoms with van der Waals surface area (Å²) in [6, 6.07) is 8.48. The Morgan fingerprint density at radius 2 is 1.75 bits per heavy atom. The number of carbonyl (C=O) groups excluding carboxylic acids is 2. The van der Waals surface area contributed by atoms with Crippen molar-refractivity contribution in [3.8, 4) is 0 Å². The van der Waals surface area contributed by atoms with Gasteiger partial charge in [-0.15, -0.1) is 0 Å². The average molecular weight is 215 g/mol. The van der Waals surface area contributed by atoms with Gasteiger partial charge in [-0.05, 0) is 19.1 Å². The molecule has 0 fully saturated rings. The van der Waals surface area contributed by atoms with Crippen molar-refractivity contribution in [1.82, 2.24) is 0 Å². The van der Waals surface area contributed by atoms with Crippen molar-refractivity contribution in [2.45, 2.75) is 6.92 Å². The molecule has 1 aromatic rings. The molecular formula is C11H12LiO4. The largest absolute Gasteiger partial charge is 0.463 e. The van der Waals surface area contributed by atoms with E-state index in [-0.39, 0.29) is 32.1 Å². The first-order valence-corrected chi connectivity index (χ1v) is 4.62. The monoisotopic (exact) mass is 215 g/mol. The summed E-state index contributed by atoms with van der Waals surface area (Å²) >= 11 is 0. The Morgan fingerprint density at radius 3 is 2.31 bits per heavy atom. The minimum Gasteiger partial charge on any atom is -0.463 e. The molecule has 0 aliphatic heterocycles. The van der Waals surface area contributed by atoms with Gasteiger partial charge in [-0.3, -0.25) is 0 Å². The van der Waals surface area contributed by atoms with E-state index in [2.05, 4.69) is 4.74 Å². The molecule has 0 amide bonds. The predicted molar refractivity (Wildman–Crippen MR) is 59.1 cm³/mol. The van der Waals surface area contributed by atoms with Crippen LogP contribution in [-0.2, 0) is 14.3 Å². The number of hydrogen-bond donors (Lipinski definition) is 0. The van der Waals surface area contributed by atoms with Crippen LogP contribution in [-0.4, -0.2) is 44.0 Å². The van der Waals surface area contributed by atoms with E-state index in [1.54, 1.807) is 37.3 Å². The summed E-state index contributed by atoms with van der Waals surface area (Å²) in [6.45, 7) is 1.63. The first-order valence-electron chi connectivity index (χ1n) is 4.62. The van der Waals surface area contributed by atoms with Crippen LogP contribution in [0.25, 0.3) is 0 Å². The van der Waals surface area contributed by atoms with Crippen LogP contribution in [0.3, 0.4) is 0 Å². The van der Waals surface area contributed by atoms with Gasteiger partial charge < -0.3 is 9.47 Å². The van der Waals surface area contributed by atoms with Gasteiger partial charge in [0.15, 0.2) is 6.61 Å². The zero-order valence-corrected chi connectivity index (χ0v) is 9.43. The number of hydrogen-bond acceptors (Lipinski definition) is 4. The van der Waals surface area contributed by atoms with Crippen molar-refractivity contribution >= 4 is 30.8 Å². The van der Waals surface area contributed by atoms with Gasteiger partial charge in [0.1, 0.15) is 0 Å². The number of rotatable bonds is 4. The molecule has 1 rings (SSSR count). The van der Waals surface area contributed by atoms with Crippen molar-refractivity contribution in [3.05, 3.63) is 35.9 Å². The van der Waals surface area contributed by atoms with E-state index in [4.69, 9.17) is 4.74 Å². The Bertz CT molecular complexity index is 337. The topological polar surface area (TPSA) is 52.6 Å². The Labute approximate surface area is 106 Å². The normalized spacial score (nSPS) is 8.81. The van der Waals surface area contributed by atoms with E-state index in [9.17, 15) is 9.59 Å². The fraction of sp³-hybridized carbons (Fsp3) is 0.273. The van der Waals surface area contributed by atoms with Gasteiger partial charge >= 0.3 is 11.9 Å². The van der Waals surface area contributed by atoms with Crippen molar-refractivity contribution in [2.24, 2.45) is 0 Å². The molecule has 0 atom stereocenters. The van der Waals surface area contributed by atoms with Crippen LogP contribution < -0.4 is 0 Å². The number of ether oxygens (including phenoxy) is 2. The second-order valence-corrected chi connectivity index (χ2v) is 2.75. The zero-order valence-electron chi connectivity index (χ0n) is 9.43. The van der Waals surface area contributed by atoms with Crippen LogP contribution >= 0.6 is 0 Å². The summed E-state index contributed by atoms with van der Waals surface area (Å²) in [6.07, 6.45) is 0. The predicted octanol–water partition coefficient (Wildman–Crippen LogP) is 1.03. The van der Waals surface area contributed by atoms with Crippen molar-refractivity contribution in [2.75, 3.05) is 13.2 Å². The molecule has 0 bridgehead atoms. The van der Waals surface area contributed by atoms with E-state index >= 15 is 0 Å². The Morgan fingerprint density at radius 1 is 1.12 bits per heavy atom. The van der Waals surface area contributed by atoms with Gasteiger partial charge in [0, 0.05) is 18.9 Å². The molecule has 0 N–H and O–H groups in total. The van der Waals surface area contributed by atoms with Crippen LogP contribution in [0.4, 0.5) is 0 Å². The van der Waals surface area contributed by atoms with Gasteiger partial charge in [0.05, 0.1) is 12.2 Å². The second-order valence-electron chi connectivity index (χ2n) is 2.75. The maximum Gasteiger partial charge on any atom is 0.344 e. The molecule has 0 spiro atoms. The molecule has 0 aliphatic carbocycles. The van der Waals surface area contributed by atoms with E-state index in [1.165, 1.54) is 0 Å². The summed E-state index contributed by atoms with van der Waals surface area (Å²) in [4.78, 5) is 22.2. The van der Waals surface area contributed by atoms with Gasteiger partial charge in [0.2, 0.25) is 0 Å². The Kier molecular flexibility index (Phi) is 7.35. The average Bonchev–Trinajstić information content (AvgIpc) is 2.27. The summed E-state index contributed by atoms with van der Waals surface area (Å²) in [5.41, 5.74) is 0.418. The fourth-order valence-electron chi connectivity index (χ4n) is 0.985. The van der Waals surface area contributed by atoms with Gasteiger partial charge in [-0.2, -0.15) is 0 Å². The maximum absolute atomic E-state index is 11.3. The molecule has 0 heterocycles. The first-order chi connectivity index (χ1) is 7.24. The third-order valence-electron chi connectivity index (χ3n) is 1.64. The summed E-state index contributed by atoms with van der Waals surface area (Å²) in [5.74, 6) is -1.06. The zero-order chi connectivity index (χ0) is 11.1. The molecule has 0 saturated carbocycles. The van der Waals surface area contributed by atoms with E-state index in [0.717, 1.165) is 0 Å². The maximum atomic E-state index is 11.3. The first kappa shape index (κ1) is 14.8. The quantitative estimate of drug-likeness (QED) is 0.556. The molecule has 0 aromatic heterocycles.